The van der Waals surface area contributed by atoms with Crippen LogP contribution in [0.25, 0.3) is 0 Å². The fourth-order valence-electron chi connectivity index (χ4n) is 4.01. The first-order valence-corrected chi connectivity index (χ1v) is 12.3. The van der Waals surface area contributed by atoms with Gasteiger partial charge in [0.05, 0.1) is 25.7 Å². The maximum absolute atomic E-state index is 13.5. The lowest BCUT2D eigenvalue weighted by Crippen LogP contribution is -2.51. The zero-order valence-corrected chi connectivity index (χ0v) is 19.3. The lowest BCUT2D eigenvalue weighted by atomic mass is 10.1. The van der Waals surface area contributed by atoms with Gasteiger partial charge in [-0.15, -0.1) is 0 Å². The SMILES string of the molecule is COc1ccc(S(=O)(=O)N(CCN2CCCCC2)CC(=O)N2CCNCC2)cc1OC. The van der Waals surface area contributed by atoms with Crippen molar-refractivity contribution in [1.29, 1.82) is 0 Å². The molecule has 174 valence electrons. The van der Waals surface area contributed by atoms with Gasteiger partial charge in [0.25, 0.3) is 0 Å². The third-order valence-electron chi connectivity index (χ3n) is 5.89. The number of nitrogens with one attached hydrogen (secondary N) is 1. The van der Waals surface area contributed by atoms with E-state index in [1.807, 2.05) is 0 Å². The van der Waals surface area contributed by atoms with Gasteiger partial charge in [0.2, 0.25) is 15.9 Å². The van der Waals surface area contributed by atoms with Crippen LogP contribution in [0.5, 0.6) is 11.5 Å². The van der Waals surface area contributed by atoms with E-state index < -0.39 is 10.0 Å². The van der Waals surface area contributed by atoms with Gasteiger partial charge in [-0.3, -0.25) is 4.79 Å². The van der Waals surface area contributed by atoms with E-state index in [-0.39, 0.29) is 23.9 Å². The Morgan fingerprint density at radius 2 is 1.71 bits per heavy atom. The highest BCUT2D eigenvalue weighted by atomic mass is 32.2. The van der Waals surface area contributed by atoms with Gasteiger partial charge < -0.3 is 24.6 Å². The molecule has 2 saturated heterocycles. The van der Waals surface area contributed by atoms with Gasteiger partial charge in [-0.1, -0.05) is 6.42 Å². The molecule has 0 unspecified atom stereocenters. The number of carbonyl (C=O) groups is 1. The van der Waals surface area contributed by atoms with E-state index in [2.05, 4.69) is 10.2 Å². The van der Waals surface area contributed by atoms with Crippen molar-refractivity contribution in [1.82, 2.24) is 19.4 Å². The van der Waals surface area contributed by atoms with E-state index >= 15 is 0 Å². The molecule has 2 fully saturated rings. The predicted molar refractivity (Wildman–Crippen MR) is 118 cm³/mol. The van der Waals surface area contributed by atoms with Gasteiger partial charge in [-0.05, 0) is 38.1 Å². The summed E-state index contributed by atoms with van der Waals surface area (Å²) in [5.74, 6) is 0.635. The number of carbonyl (C=O) groups excluding carboxylic acids is 1. The van der Waals surface area contributed by atoms with Crippen LogP contribution >= 0.6 is 0 Å². The first-order valence-electron chi connectivity index (χ1n) is 10.9. The summed E-state index contributed by atoms with van der Waals surface area (Å²) in [6, 6.07) is 4.53. The highest BCUT2D eigenvalue weighted by Gasteiger charge is 2.30. The Morgan fingerprint density at radius 3 is 2.35 bits per heavy atom. The molecule has 2 heterocycles. The van der Waals surface area contributed by atoms with E-state index in [4.69, 9.17) is 9.47 Å². The largest absolute Gasteiger partial charge is 0.493 e. The number of amides is 1. The number of ether oxygens (including phenoxy) is 2. The molecule has 1 aromatic carbocycles. The number of hydrogen-bond donors (Lipinski definition) is 1. The van der Waals surface area contributed by atoms with Crippen LogP contribution < -0.4 is 14.8 Å². The zero-order chi connectivity index (χ0) is 22.3. The fraction of sp³-hybridized carbons (Fsp3) is 0.667. The van der Waals surface area contributed by atoms with Crippen LogP contribution in [0.2, 0.25) is 0 Å². The van der Waals surface area contributed by atoms with Crippen LogP contribution in [-0.2, 0) is 14.8 Å². The van der Waals surface area contributed by atoms with Gasteiger partial charge in [0, 0.05) is 45.3 Å². The van der Waals surface area contributed by atoms with Crippen molar-refractivity contribution < 1.29 is 22.7 Å². The van der Waals surface area contributed by atoms with E-state index in [9.17, 15) is 13.2 Å². The summed E-state index contributed by atoms with van der Waals surface area (Å²) >= 11 is 0. The van der Waals surface area contributed by atoms with Crippen LogP contribution in [-0.4, -0.2) is 102 Å². The molecular formula is C21H34N4O5S. The summed E-state index contributed by atoms with van der Waals surface area (Å²) in [7, 11) is -0.914. The standard InChI is InChI=1S/C21H34N4O5S/c1-29-19-7-6-18(16-20(19)30-2)31(27,28)25(15-14-23-10-4-3-5-11-23)17-21(26)24-12-8-22-9-13-24/h6-7,16,22H,3-5,8-15,17H2,1-2H3. The second-order valence-corrected chi connectivity index (χ2v) is 9.83. The molecule has 0 saturated carbocycles. The fourth-order valence-corrected chi connectivity index (χ4v) is 5.41. The summed E-state index contributed by atoms with van der Waals surface area (Å²) in [4.78, 5) is 17.0. The molecule has 2 aliphatic heterocycles. The third-order valence-corrected chi connectivity index (χ3v) is 7.73. The molecule has 9 nitrogen and oxygen atoms in total. The van der Waals surface area contributed by atoms with Crippen molar-refractivity contribution in [2.45, 2.75) is 24.2 Å². The number of piperidine rings is 1. The van der Waals surface area contributed by atoms with Gasteiger partial charge in [0.15, 0.2) is 11.5 Å². The second-order valence-electron chi connectivity index (χ2n) is 7.89. The quantitative estimate of drug-likeness (QED) is 0.585. The predicted octanol–water partition coefficient (Wildman–Crippen LogP) is 0.612. The molecule has 1 amide bonds. The Labute approximate surface area is 185 Å². The Balaban J connectivity index is 1.81. The number of rotatable bonds is 9. The van der Waals surface area contributed by atoms with Crippen molar-refractivity contribution in [3.63, 3.8) is 0 Å². The average Bonchev–Trinajstić information content (AvgIpc) is 2.82. The van der Waals surface area contributed by atoms with Crippen LogP contribution in [0.3, 0.4) is 0 Å². The molecule has 0 aliphatic carbocycles. The second kappa shape index (κ2) is 11.1. The average molecular weight is 455 g/mol. The highest BCUT2D eigenvalue weighted by molar-refractivity contribution is 7.89. The van der Waals surface area contributed by atoms with Gasteiger partial charge in [0.1, 0.15) is 0 Å². The Bertz CT molecular complexity index is 836. The van der Waals surface area contributed by atoms with Crippen molar-refractivity contribution in [2.75, 3.05) is 73.1 Å². The molecule has 3 rings (SSSR count). The normalized spacial score (nSPS) is 18.2. The van der Waals surface area contributed by atoms with E-state index in [0.29, 0.717) is 31.1 Å². The summed E-state index contributed by atoms with van der Waals surface area (Å²) in [6.07, 6.45) is 3.47. The lowest BCUT2D eigenvalue weighted by Gasteiger charge is -2.32. The maximum atomic E-state index is 13.5. The van der Waals surface area contributed by atoms with E-state index in [1.165, 1.54) is 37.1 Å². The van der Waals surface area contributed by atoms with Crippen molar-refractivity contribution in [2.24, 2.45) is 0 Å². The van der Waals surface area contributed by atoms with Crippen LogP contribution in [0.15, 0.2) is 23.1 Å². The number of likely N-dealkylation sites (tertiary alicyclic amines) is 1. The van der Waals surface area contributed by atoms with Gasteiger partial charge in [-0.25, -0.2) is 8.42 Å². The number of methoxy groups -OCH3 is 2. The molecule has 0 bridgehead atoms. The zero-order valence-electron chi connectivity index (χ0n) is 18.5. The Hall–Kier alpha value is -1.88. The van der Waals surface area contributed by atoms with Crippen LogP contribution in [0, 0.1) is 0 Å². The van der Waals surface area contributed by atoms with Gasteiger partial charge in [-0.2, -0.15) is 4.31 Å². The first-order chi connectivity index (χ1) is 15.0. The molecular weight excluding hydrogens is 420 g/mol. The maximum Gasteiger partial charge on any atom is 0.243 e. The lowest BCUT2D eigenvalue weighted by molar-refractivity contribution is -0.132. The van der Waals surface area contributed by atoms with Crippen LogP contribution in [0.1, 0.15) is 19.3 Å². The molecule has 1 N–H and O–H groups in total. The molecule has 10 heteroatoms. The molecule has 0 spiro atoms. The van der Waals surface area contributed by atoms with Gasteiger partial charge >= 0.3 is 0 Å². The minimum absolute atomic E-state index is 0.0944. The number of nitrogens with zero attached hydrogens (tertiary/aromatic N) is 3. The summed E-state index contributed by atoms with van der Waals surface area (Å²) in [5.41, 5.74) is 0. The minimum Gasteiger partial charge on any atom is -0.493 e. The highest BCUT2D eigenvalue weighted by Crippen LogP contribution is 2.30. The topological polar surface area (TPSA) is 91.4 Å². The molecule has 0 radical (unpaired) electrons. The summed E-state index contributed by atoms with van der Waals surface area (Å²) in [5, 5.41) is 3.21. The van der Waals surface area contributed by atoms with E-state index in [1.54, 1.807) is 11.0 Å². The Morgan fingerprint density at radius 1 is 1.03 bits per heavy atom. The smallest absolute Gasteiger partial charge is 0.243 e. The van der Waals surface area contributed by atoms with E-state index in [0.717, 1.165) is 39.0 Å². The number of hydrogen-bond acceptors (Lipinski definition) is 7. The monoisotopic (exact) mass is 454 g/mol. The molecule has 2 aliphatic rings. The Kier molecular flexibility index (Phi) is 8.53. The van der Waals surface area contributed by atoms with Crippen LogP contribution in [0.4, 0.5) is 0 Å². The number of piperazine rings is 1. The third kappa shape index (κ3) is 6.09. The molecule has 0 atom stereocenters. The molecule has 31 heavy (non-hydrogen) atoms. The number of benzene rings is 1. The van der Waals surface area contributed by atoms with Crippen molar-refractivity contribution in [3.05, 3.63) is 18.2 Å². The first kappa shape index (κ1) is 23.8. The van der Waals surface area contributed by atoms with Crippen molar-refractivity contribution >= 4 is 15.9 Å². The minimum atomic E-state index is -3.89. The molecule has 0 aromatic heterocycles. The molecule has 1 aromatic rings. The summed E-state index contributed by atoms with van der Waals surface area (Å²) in [6.45, 7) is 5.29. The number of sulfonamides is 1. The van der Waals surface area contributed by atoms with Crippen molar-refractivity contribution in [3.8, 4) is 11.5 Å². The summed E-state index contributed by atoms with van der Waals surface area (Å²) < 4.78 is 38.9.